The summed E-state index contributed by atoms with van der Waals surface area (Å²) in [4.78, 5) is 11.6. The van der Waals surface area contributed by atoms with Gasteiger partial charge in [0.05, 0.1) is 11.4 Å². The van der Waals surface area contributed by atoms with Crippen molar-refractivity contribution in [3.05, 3.63) is 35.5 Å². The molecule has 1 aliphatic rings. The lowest BCUT2D eigenvalue weighted by Crippen LogP contribution is -2.39. The van der Waals surface area contributed by atoms with E-state index in [4.69, 9.17) is 10.7 Å². The standard InChI is InChI=1S/C16H22N4S/c1-12(17)13-5-8-20(9-6-13)10-14-11-21-16(19-14)15-4-2-3-7-18-15/h2-4,7,11-13H,5-6,8-10,17H2,1H3. The van der Waals surface area contributed by atoms with Crippen molar-refractivity contribution in [3.8, 4) is 10.7 Å². The normalized spacial score (nSPS) is 18.8. The van der Waals surface area contributed by atoms with E-state index < -0.39 is 0 Å². The van der Waals surface area contributed by atoms with Gasteiger partial charge in [-0.15, -0.1) is 11.3 Å². The van der Waals surface area contributed by atoms with Crippen LogP contribution >= 0.6 is 11.3 Å². The van der Waals surface area contributed by atoms with E-state index in [-0.39, 0.29) is 0 Å². The van der Waals surface area contributed by atoms with Gasteiger partial charge in [0.15, 0.2) is 0 Å². The quantitative estimate of drug-likeness (QED) is 0.943. The summed E-state index contributed by atoms with van der Waals surface area (Å²) >= 11 is 1.68. The Balaban J connectivity index is 1.59. The summed E-state index contributed by atoms with van der Waals surface area (Å²) in [5, 5.41) is 3.16. The first-order chi connectivity index (χ1) is 10.2. The molecular weight excluding hydrogens is 280 g/mol. The van der Waals surface area contributed by atoms with Gasteiger partial charge in [0.25, 0.3) is 0 Å². The monoisotopic (exact) mass is 302 g/mol. The van der Waals surface area contributed by atoms with E-state index in [1.54, 1.807) is 11.3 Å². The number of hydrogen-bond donors (Lipinski definition) is 1. The number of hydrogen-bond acceptors (Lipinski definition) is 5. The molecule has 2 aromatic heterocycles. The predicted octanol–water partition coefficient (Wildman–Crippen LogP) is 2.76. The van der Waals surface area contributed by atoms with Crippen molar-refractivity contribution in [1.82, 2.24) is 14.9 Å². The third-order valence-electron chi connectivity index (χ3n) is 4.20. The molecule has 3 heterocycles. The van der Waals surface area contributed by atoms with Crippen LogP contribution in [0.25, 0.3) is 10.7 Å². The van der Waals surface area contributed by atoms with Gasteiger partial charge < -0.3 is 5.73 Å². The van der Waals surface area contributed by atoms with Crippen LogP contribution in [0.2, 0.25) is 0 Å². The molecule has 21 heavy (non-hydrogen) atoms. The fourth-order valence-corrected chi connectivity index (χ4v) is 3.64. The average Bonchev–Trinajstić information content (AvgIpc) is 2.97. The Morgan fingerprint density at radius 3 is 2.86 bits per heavy atom. The maximum absolute atomic E-state index is 6.00. The van der Waals surface area contributed by atoms with Gasteiger partial charge in [-0.05, 0) is 50.9 Å². The maximum atomic E-state index is 6.00. The zero-order valence-corrected chi connectivity index (χ0v) is 13.2. The number of nitrogens with zero attached hydrogens (tertiary/aromatic N) is 3. The molecule has 5 heteroatoms. The van der Waals surface area contributed by atoms with Gasteiger partial charge in [-0.3, -0.25) is 9.88 Å². The summed E-state index contributed by atoms with van der Waals surface area (Å²) in [6, 6.07) is 6.27. The molecule has 1 saturated heterocycles. The predicted molar refractivity (Wildman–Crippen MR) is 87.0 cm³/mol. The Morgan fingerprint density at radius 2 is 2.19 bits per heavy atom. The van der Waals surface area contributed by atoms with Gasteiger partial charge in [-0.2, -0.15) is 0 Å². The minimum Gasteiger partial charge on any atom is -0.328 e. The molecule has 112 valence electrons. The lowest BCUT2D eigenvalue weighted by atomic mass is 9.91. The topological polar surface area (TPSA) is 55.0 Å². The zero-order chi connectivity index (χ0) is 14.7. The van der Waals surface area contributed by atoms with E-state index in [1.807, 2.05) is 24.4 Å². The number of thiazole rings is 1. The fourth-order valence-electron chi connectivity index (χ4n) is 2.85. The minimum atomic E-state index is 0.321. The molecular formula is C16H22N4S. The lowest BCUT2D eigenvalue weighted by molar-refractivity contribution is 0.164. The highest BCUT2D eigenvalue weighted by Crippen LogP contribution is 2.24. The van der Waals surface area contributed by atoms with Crippen LogP contribution in [0.4, 0.5) is 0 Å². The van der Waals surface area contributed by atoms with Crippen molar-refractivity contribution >= 4 is 11.3 Å². The van der Waals surface area contributed by atoms with E-state index in [0.29, 0.717) is 12.0 Å². The molecule has 2 aromatic rings. The molecule has 3 rings (SSSR count). The van der Waals surface area contributed by atoms with E-state index in [0.717, 1.165) is 36.0 Å². The number of piperidine rings is 1. The summed E-state index contributed by atoms with van der Waals surface area (Å²) in [5.74, 6) is 0.681. The number of rotatable bonds is 4. The van der Waals surface area contributed by atoms with E-state index in [1.165, 1.54) is 12.8 Å². The zero-order valence-electron chi connectivity index (χ0n) is 12.4. The van der Waals surface area contributed by atoms with Crippen LogP contribution in [0.3, 0.4) is 0 Å². The van der Waals surface area contributed by atoms with Crippen molar-refractivity contribution in [2.24, 2.45) is 11.7 Å². The molecule has 0 aliphatic carbocycles. The van der Waals surface area contributed by atoms with Gasteiger partial charge in [0, 0.05) is 24.2 Å². The Morgan fingerprint density at radius 1 is 1.38 bits per heavy atom. The van der Waals surface area contributed by atoms with E-state index >= 15 is 0 Å². The summed E-state index contributed by atoms with van der Waals surface area (Å²) < 4.78 is 0. The SMILES string of the molecule is CC(N)C1CCN(Cc2csc(-c3ccccn3)n2)CC1. The first-order valence-electron chi connectivity index (χ1n) is 7.56. The Kier molecular flexibility index (Phi) is 4.63. The molecule has 0 radical (unpaired) electrons. The van der Waals surface area contributed by atoms with E-state index in [9.17, 15) is 0 Å². The first-order valence-corrected chi connectivity index (χ1v) is 8.44. The second-order valence-corrected chi connectivity index (χ2v) is 6.69. The Bertz CT molecular complexity index is 559. The molecule has 1 atom stereocenters. The smallest absolute Gasteiger partial charge is 0.142 e. The van der Waals surface area contributed by atoms with E-state index in [2.05, 4.69) is 22.2 Å². The lowest BCUT2D eigenvalue weighted by Gasteiger charge is -2.33. The molecule has 0 amide bonds. The Hall–Kier alpha value is -1.30. The highest BCUT2D eigenvalue weighted by molar-refractivity contribution is 7.13. The second-order valence-electron chi connectivity index (χ2n) is 5.83. The van der Waals surface area contributed by atoms with Crippen LogP contribution < -0.4 is 5.73 Å². The average molecular weight is 302 g/mol. The van der Waals surface area contributed by atoms with Crippen LogP contribution in [0, 0.1) is 5.92 Å². The molecule has 0 bridgehead atoms. The maximum Gasteiger partial charge on any atom is 0.142 e. The third-order valence-corrected chi connectivity index (χ3v) is 5.11. The van der Waals surface area contributed by atoms with Gasteiger partial charge in [-0.1, -0.05) is 6.07 Å². The van der Waals surface area contributed by atoms with Gasteiger partial charge in [0.2, 0.25) is 0 Å². The van der Waals surface area contributed by atoms with Crippen LogP contribution in [0.5, 0.6) is 0 Å². The van der Waals surface area contributed by atoms with Crippen LogP contribution in [-0.4, -0.2) is 34.0 Å². The molecule has 1 unspecified atom stereocenters. The molecule has 0 saturated carbocycles. The minimum absolute atomic E-state index is 0.321. The highest BCUT2D eigenvalue weighted by atomic mass is 32.1. The Labute approximate surface area is 130 Å². The fraction of sp³-hybridized carbons (Fsp3) is 0.500. The summed E-state index contributed by atoms with van der Waals surface area (Å²) in [5.41, 5.74) is 8.11. The third kappa shape index (κ3) is 3.67. The van der Waals surface area contributed by atoms with Crippen molar-refractivity contribution < 1.29 is 0 Å². The number of nitrogens with two attached hydrogens (primary N) is 1. The highest BCUT2D eigenvalue weighted by Gasteiger charge is 2.22. The van der Waals surface area contributed by atoms with Crippen LogP contribution in [0.15, 0.2) is 29.8 Å². The van der Waals surface area contributed by atoms with Gasteiger partial charge in [0.1, 0.15) is 5.01 Å². The summed E-state index contributed by atoms with van der Waals surface area (Å²) in [6.07, 6.45) is 4.22. The molecule has 0 spiro atoms. The molecule has 1 fully saturated rings. The van der Waals surface area contributed by atoms with Gasteiger partial charge in [-0.25, -0.2) is 4.98 Å². The largest absolute Gasteiger partial charge is 0.328 e. The molecule has 2 N–H and O–H groups in total. The van der Waals surface area contributed by atoms with Crippen molar-refractivity contribution in [3.63, 3.8) is 0 Å². The second kappa shape index (κ2) is 6.64. The van der Waals surface area contributed by atoms with Crippen LogP contribution in [0.1, 0.15) is 25.5 Å². The summed E-state index contributed by atoms with van der Waals surface area (Å²) in [7, 11) is 0. The van der Waals surface area contributed by atoms with Crippen molar-refractivity contribution in [2.75, 3.05) is 13.1 Å². The summed E-state index contributed by atoms with van der Waals surface area (Å²) in [6.45, 7) is 5.32. The van der Waals surface area contributed by atoms with Crippen LogP contribution in [-0.2, 0) is 6.54 Å². The van der Waals surface area contributed by atoms with Gasteiger partial charge >= 0.3 is 0 Å². The molecule has 4 nitrogen and oxygen atoms in total. The molecule has 0 aromatic carbocycles. The number of aromatic nitrogens is 2. The van der Waals surface area contributed by atoms with Crippen molar-refractivity contribution in [2.45, 2.75) is 32.4 Å². The van der Waals surface area contributed by atoms with Crippen molar-refractivity contribution in [1.29, 1.82) is 0 Å². The molecule has 1 aliphatic heterocycles. The first kappa shape index (κ1) is 14.6. The number of pyridine rings is 1. The number of likely N-dealkylation sites (tertiary alicyclic amines) is 1.